The molecule has 7 atom stereocenters. The van der Waals surface area contributed by atoms with Crippen LogP contribution >= 0.6 is 0 Å². The predicted molar refractivity (Wildman–Crippen MR) is 91.8 cm³/mol. The van der Waals surface area contributed by atoms with Gasteiger partial charge in [0.2, 0.25) is 0 Å². The summed E-state index contributed by atoms with van der Waals surface area (Å²) in [5, 5.41) is 20.8. The maximum atomic E-state index is 11.7. The highest BCUT2D eigenvalue weighted by Gasteiger charge is 2.69. The molecule has 0 aromatic rings. The van der Waals surface area contributed by atoms with Crippen molar-refractivity contribution in [3.05, 3.63) is 0 Å². The van der Waals surface area contributed by atoms with Crippen molar-refractivity contribution in [1.29, 1.82) is 0 Å². The van der Waals surface area contributed by atoms with Crippen molar-refractivity contribution < 1.29 is 24.5 Å². The maximum Gasteiger partial charge on any atom is 0.308 e. The van der Waals surface area contributed by atoms with E-state index in [9.17, 15) is 15.0 Å². The summed E-state index contributed by atoms with van der Waals surface area (Å²) in [6.45, 7) is 7.01. The SMILES string of the molecule is C[C@H]1CC[C@@H]2[C@@](C)(CO)[C@H](O)CC[C@]2(C)[C@]12CC[C@@]1(COC(=O)C1)O2. The Labute approximate surface area is 150 Å². The molecule has 2 spiro atoms. The summed E-state index contributed by atoms with van der Waals surface area (Å²) in [4.78, 5) is 11.7. The number of aliphatic hydroxyl groups excluding tert-OH is 2. The smallest absolute Gasteiger partial charge is 0.308 e. The zero-order valence-electron chi connectivity index (χ0n) is 15.7. The lowest BCUT2D eigenvalue weighted by atomic mass is 9.43. The summed E-state index contributed by atoms with van der Waals surface area (Å²) in [6, 6.07) is 0. The molecule has 5 nitrogen and oxygen atoms in total. The lowest BCUT2D eigenvalue weighted by Crippen LogP contribution is -2.66. The minimum Gasteiger partial charge on any atom is -0.463 e. The molecule has 0 aromatic heterocycles. The van der Waals surface area contributed by atoms with E-state index in [1.807, 2.05) is 6.92 Å². The molecule has 2 aliphatic carbocycles. The molecule has 4 aliphatic rings. The third-order valence-corrected chi connectivity index (χ3v) is 8.57. The summed E-state index contributed by atoms with van der Waals surface area (Å²) in [5.74, 6) is 0.474. The number of hydrogen-bond donors (Lipinski definition) is 2. The van der Waals surface area contributed by atoms with E-state index in [2.05, 4.69) is 13.8 Å². The summed E-state index contributed by atoms with van der Waals surface area (Å²) < 4.78 is 12.1. The van der Waals surface area contributed by atoms with E-state index < -0.39 is 17.1 Å². The molecular weight excluding hydrogens is 320 g/mol. The van der Waals surface area contributed by atoms with E-state index in [4.69, 9.17) is 9.47 Å². The molecule has 0 aromatic carbocycles. The van der Waals surface area contributed by atoms with Gasteiger partial charge in [-0.1, -0.05) is 20.8 Å². The second-order valence-electron chi connectivity index (χ2n) is 9.68. The first-order valence-corrected chi connectivity index (χ1v) is 9.86. The van der Waals surface area contributed by atoms with Crippen LogP contribution in [0, 0.1) is 22.7 Å². The lowest BCUT2D eigenvalue weighted by Gasteiger charge is -2.65. The van der Waals surface area contributed by atoms with E-state index in [0.29, 0.717) is 25.4 Å². The summed E-state index contributed by atoms with van der Waals surface area (Å²) in [6.07, 6.45) is 5.36. The summed E-state index contributed by atoms with van der Waals surface area (Å²) >= 11 is 0. The Morgan fingerprint density at radius 1 is 1.16 bits per heavy atom. The Balaban J connectivity index is 1.74. The van der Waals surface area contributed by atoms with Gasteiger partial charge < -0.3 is 19.7 Å². The fraction of sp³-hybridized carbons (Fsp3) is 0.950. The van der Waals surface area contributed by atoms with Crippen LogP contribution in [0.15, 0.2) is 0 Å². The molecule has 5 heteroatoms. The number of fused-ring (bicyclic) bond motifs is 2. The molecule has 25 heavy (non-hydrogen) atoms. The standard InChI is InChI=1S/C20H32O5/c1-13-4-5-14-17(2,11-21)15(22)6-7-18(14,3)20(13)9-8-19(25-20)10-16(23)24-12-19/h13-15,21-22H,4-12H2,1-3H3/t13-,14+,15+,17+,18-,19+,20-/m0/s1. The molecule has 2 saturated heterocycles. The highest BCUT2D eigenvalue weighted by molar-refractivity contribution is 5.73. The van der Waals surface area contributed by atoms with Crippen LogP contribution in [0.3, 0.4) is 0 Å². The van der Waals surface area contributed by atoms with Gasteiger partial charge in [0.15, 0.2) is 0 Å². The predicted octanol–water partition coefficient (Wildman–Crippen LogP) is 2.43. The highest BCUT2D eigenvalue weighted by Crippen LogP contribution is 2.68. The number of aliphatic hydroxyl groups is 2. The fourth-order valence-electron chi connectivity index (χ4n) is 6.94. The zero-order valence-corrected chi connectivity index (χ0v) is 15.7. The van der Waals surface area contributed by atoms with Gasteiger partial charge in [0.05, 0.1) is 24.7 Å². The molecule has 4 fully saturated rings. The van der Waals surface area contributed by atoms with E-state index in [1.54, 1.807) is 0 Å². The Morgan fingerprint density at radius 2 is 1.92 bits per heavy atom. The van der Waals surface area contributed by atoms with Crippen molar-refractivity contribution in [1.82, 2.24) is 0 Å². The molecule has 0 radical (unpaired) electrons. The Hall–Kier alpha value is -0.650. The molecular formula is C20H32O5. The molecule has 2 heterocycles. The van der Waals surface area contributed by atoms with Gasteiger partial charge in [-0.05, 0) is 50.4 Å². The van der Waals surface area contributed by atoms with Crippen LogP contribution in [0.4, 0.5) is 0 Å². The van der Waals surface area contributed by atoms with Gasteiger partial charge in [0.1, 0.15) is 12.2 Å². The topological polar surface area (TPSA) is 76.0 Å². The number of cyclic esters (lactones) is 1. The van der Waals surface area contributed by atoms with Crippen molar-refractivity contribution in [2.24, 2.45) is 22.7 Å². The van der Waals surface area contributed by atoms with E-state index in [-0.39, 0.29) is 29.5 Å². The molecule has 2 saturated carbocycles. The first-order valence-electron chi connectivity index (χ1n) is 9.86. The number of carbonyl (C=O) groups is 1. The van der Waals surface area contributed by atoms with Crippen LogP contribution in [0.25, 0.3) is 0 Å². The highest BCUT2D eigenvalue weighted by atomic mass is 16.6. The van der Waals surface area contributed by atoms with Gasteiger partial charge in [-0.25, -0.2) is 0 Å². The summed E-state index contributed by atoms with van der Waals surface area (Å²) in [5.41, 5.74) is -1.33. The zero-order chi connectivity index (χ0) is 18.1. The first kappa shape index (κ1) is 17.7. The normalized spacial score (nSPS) is 55.6. The fourth-order valence-corrected chi connectivity index (χ4v) is 6.94. The molecule has 2 aliphatic heterocycles. The van der Waals surface area contributed by atoms with Gasteiger partial charge in [-0.2, -0.15) is 0 Å². The third-order valence-electron chi connectivity index (χ3n) is 8.57. The summed E-state index contributed by atoms with van der Waals surface area (Å²) in [7, 11) is 0. The minimum absolute atomic E-state index is 0.00558. The monoisotopic (exact) mass is 352 g/mol. The number of rotatable bonds is 1. The van der Waals surface area contributed by atoms with Crippen LogP contribution in [0.5, 0.6) is 0 Å². The average Bonchev–Trinajstić information content (AvgIpc) is 3.14. The second-order valence-corrected chi connectivity index (χ2v) is 9.68. The number of hydrogen-bond acceptors (Lipinski definition) is 5. The lowest BCUT2D eigenvalue weighted by molar-refractivity contribution is -0.266. The number of esters is 1. The van der Waals surface area contributed by atoms with Crippen molar-refractivity contribution in [3.63, 3.8) is 0 Å². The maximum absolute atomic E-state index is 11.7. The minimum atomic E-state index is -0.485. The van der Waals surface area contributed by atoms with E-state index in [0.717, 1.165) is 32.1 Å². The van der Waals surface area contributed by atoms with E-state index >= 15 is 0 Å². The molecule has 2 N–H and O–H groups in total. The second kappa shape index (κ2) is 5.43. The Kier molecular flexibility index (Phi) is 3.85. The first-order chi connectivity index (χ1) is 11.7. The number of ether oxygens (including phenoxy) is 2. The molecule has 0 unspecified atom stereocenters. The van der Waals surface area contributed by atoms with Crippen molar-refractivity contribution in [2.45, 2.75) is 83.0 Å². The van der Waals surface area contributed by atoms with Crippen LogP contribution in [0.1, 0.15) is 65.7 Å². The van der Waals surface area contributed by atoms with Crippen molar-refractivity contribution >= 4 is 5.97 Å². The molecule has 4 rings (SSSR count). The van der Waals surface area contributed by atoms with E-state index in [1.165, 1.54) is 0 Å². The number of carbonyl (C=O) groups excluding carboxylic acids is 1. The van der Waals surface area contributed by atoms with Gasteiger partial charge >= 0.3 is 5.97 Å². The average molecular weight is 352 g/mol. The van der Waals surface area contributed by atoms with Gasteiger partial charge in [-0.3, -0.25) is 4.79 Å². The van der Waals surface area contributed by atoms with Gasteiger partial charge in [0, 0.05) is 10.8 Å². The van der Waals surface area contributed by atoms with Gasteiger partial charge in [0.25, 0.3) is 0 Å². The van der Waals surface area contributed by atoms with Crippen molar-refractivity contribution in [2.75, 3.05) is 13.2 Å². The van der Waals surface area contributed by atoms with Gasteiger partial charge in [-0.15, -0.1) is 0 Å². The van der Waals surface area contributed by atoms with Crippen LogP contribution in [0.2, 0.25) is 0 Å². The Bertz CT molecular complexity index is 578. The quantitative estimate of drug-likeness (QED) is 0.709. The largest absolute Gasteiger partial charge is 0.463 e. The third kappa shape index (κ3) is 2.15. The molecule has 0 amide bonds. The van der Waals surface area contributed by atoms with Crippen LogP contribution in [-0.4, -0.2) is 46.7 Å². The molecule has 142 valence electrons. The van der Waals surface area contributed by atoms with Crippen molar-refractivity contribution in [3.8, 4) is 0 Å². The Morgan fingerprint density at radius 3 is 2.56 bits per heavy atom. The van der Waals surface area contributed by atoms with Crippen LogP contribution < -0.4 is 0 Å². The molecule has 0 bridgehead atoms. The van der Waals surface area contributed by atoms with Crippen LogP contribution in [-0.2, 0) is 14.3 Å².